The van der Waals surface area contributed by atoms with Gasteiger partial charge in [-0.05, 0) is 75.0 Å². The van der Waals surface area contributed by atoms with E-state index in [-0.39, 0.29) is 0 Å². The minimum atomic E-state index is 0.381. The Morgan fingerprint density at radius 3 is 2.34 bits per heavy atom. The predicted molar refractivity (Wildman–Crippen MR) is 141 cm³/mol. The van der Waals surface area contributed by atoms with Crippen LogP contribution in [-0.2, 0) is 9.59 Å². The zero-order valence-corrected chi connectivity index (χ0v) is 20.3. The third kappa shape index (κ3) is 7.01. The van der Waals surface area contributed by atoms with Gasteiger partial charge in [-0.1, -0.05) is 24.8 Å². The molecule has 1 saturated heterocycles. The third-order valence-corrected chi connectivity index (χ3v) is 5.95. The Morgan fingerprint density at radius 2 is 1.74 bits per heavy atom. The molecule has 4 rings (SSSR count). The Bertz CT molecular complexity index is 1080. The average Bonchev–Trinajstić information content (AvgIpc) is 3.32. The number of hydrogen-bond acceptors (Lipinski definition) is 6. The first-order chi connectivity index (χ1) is 17.1. The fourth-order valence-electron chi connectivity index (χ4n) is 4.02. The monoisotopic (exact) mass is 472 g/mol. The standard InChI is InChI=1S/C25H28N4O2.C3H4O/c1-27-16-6-7-21(27)18-29(19-30)24-14-15-26-17-25(24)28(2)20-10-12-23(13-11-20)31-22-8-4-3-5-9-22;1-2-3-4/h3-5,8-15,17,19,21H,6-7,16,18H2,1-2H3;2-3H,1H2. The summed E-state index contributed by atoms with van der Waals surface area (Å²) >= 11 is 0. The van der Waals surface area contributed by atoms with Gasteiger partial charge in [-0.3, -0.25) is 14.6 Å². The lowest BCUT2D eigenvalue weighted by atomic mass is 10.2. The Labute approximate surface area is 207 Å². The van der Waals surface area contributed by atoms with E-state index in [0.717, 1.165) is 47.9 Å². The number of carbonyl (C=O) groups is 2. The maximum absolute atomic E-state index is 12.0. The van der Waals surface area contributed by atoms with Crippen LogP contribution in [0, 0.1) is 0 Å². The Hall–Kier alpha value is -3.97. The molecule has 0 bridgehead atoms. The van der Waals surface area contributed by atoms with Crippen LogP contribution in [0.1, 0.15) is 12.8 Å². The molecule has 1 unspecified atom stereocenters. The van der Waals surface area contributed by atoms with Crippen molar-refractivity contribution in [1.82, 2.24) is 9.88 Å². The number of para-hydroxylation sites is 1. The summed E-state index contributed by atoms with van der Waals surface area (Å²) in [4.78, 5) is 31.5. The van der Waals surface area contributed by atoms with Crippen molar-refractivity contribution in [3.05, 3.63) is 85.7 Å². The number of anilines is 3. The molecular formula is C28H32N4O3. The Morgan fingerprint density at radius 1 is 1.06 bits per heavy atom. The molecule has 3 aromatic rings. The second-order valence-electron chi connectivity index (χ2n) is 8.24. The molecule has 0 radical (unpaired) electrons. The first kappa shape index (κ1) is 25.6. The van der Waals surface area contributed by atoms with Crippen molar-refractivity contribution >= 4 is 29.8 Å². The highest BCUT2D eigenvalue weighted by atomic mass is 16.5. The van der Waals surface area contributed by atoms with Gasteiger partial charge in [0.2, 0.25) is 6.41 Å². The lowest BCUT2D eigenvalue weighted by Crippen LogP contribution is -2.38. The summed E-state index contributed by atoms with van der Waals surface area (Å²) in [7, 11) is 4.11. The van der Waals surface area contributed by atoms with Gasteiger partial charge in [-0.25, -0.2) is 0 Å². The fraction of sp³-hybridized carbons (Fsp3) is 0.250. The van der Waals surface area contributed by atoms with Crippen LogP contribution in [0.2, 0.25) is 0 Å². The molecule has 1 amide bonds. The smallest absolute Gasteiger partial charge is 0.214 e. The lowest BCUT2D eigenvalue weighted by molar-refractivity contribution is -0.107. The molecule has 1 atom stereocenters. The molecule has 1 aliphatic heterocycles. The van der Waals surface area contributed by atoms with Crippen molar-refractivity contribution in [2.24, 2.45) is 0 Å². The first-order valence-corrected chi connectivity index (χ1v) is 11.6. The van der Waals surface area contributed by atoms with E-state index in [1.165, 1.54) is 12.5 Å². The molecule has 182 valence electrons. The minimum absolute atomic E-state index is 0.381. The van der Waals surface area contributed by atoms with Gasteiger partial charge < -0.3 is 19.4 Å². The maximum atomic E-state index is 12.0. The van der Waals surface area contributed by atoms with Crippen LogP contribution in [0.5, 0.6) is 11.5 Å². The third-order valence-electron chi connectivity index (χ3n) is 5.95. The van der Waals surface area contributed by atoms with Gasteiger partial charge in [0.15, 0.2) is 0 Å². The molecule has 0 saturated carbocycles. The average molecular weight is 473 g/mol. The zero-order valence-electron chi connectivity index (χ0n) is 20.3. The summed E-state index contributed by atoms with van der Waals surface area (Å²) < 4.78 is 5.89. The summed E-state index contributed by atoms with van der Waals surface area (Å²) in [5, 5.41) is 0. The van der Waals surface area contributed by atoms with E-state index in [0.29, 0.717) is 18.9 Å². The highest BCUT2D eigenvalue weighted by Gasteiger charge is 2.25. The number of aldehydes is 1. The van der Waals surface area contributed by atoms with Crippen LogP contribution in [0.3, 0.4) is 0 Å². The molecule has 2 aromatic carbocycles. The van der Waals surface area contributed by atoms with Crippen LogP contribution in [-0.4, -0.2) is 55.8 Å². The van der Waals surface area contributed by atoms with Gasteiger partial charge in [0.05, 0.1) is 17.6 Å². The molecule has 2 heterocycles. The van der Waals surface area contributed by atoms with Crippen LogP contribution in [0.4, 0.5) is 17.1 Å². The van der Waals surface area contributed by atoms with E-state index in [9.17, 15) is 4.79 Å². The number of hydrogen-bond donors (Lipinski definition) is 0. The van der Waals surface area contributed by atoms with Crippen LogP contribution < -0.4 is 14.5 Å². The number of benzene rings is 2. The molecule has 1 aliphatic rings. The van der Waals surface area contributed by atoms with Crippen LogP contribution in [0.25, 0.3) is 0 Å². The first-order valence-electron chi connectivity index (χ1n) is 11.6. The Balaban J connectivity index is 0.000000795. The van der Waals surface area contributed by atoms with Crippen molar-refractivity contribution in [2.45, 2.75) is 18.9 Å². The fourth-order valence-corrected chi connectivity index (χ4v) is 4.02. The van der Waals surface area contributed by atoms with Gasteiger partial charge >= 0.3 is 0 Å². The van der Waals surface area contributed by atoms with E-state index < -0.39 is 0 Å². The van der Waals surface area contributed by atoms with Gasteiger partial charge in [0.1, 0.15) is 17.8 Å². The van der Waals surface area contributed by atoms with E-state index in [4.69, 9.17) is 9.53 Å². The number of allylic oxidation sites excluding steroid dienone is 1. The molecule has 7 heteroatoms. The molecule has 1 fully saturated rings. The number of carbonyl (C=O) groups excluding carboxylic acids is 2. The minimum Gasteiger partial charge on any atom is -0.457 e. The number of likely N-dealkylation sites (tertiary alicyclic amines) is 1. The number of nitrogens with zero attached hydrogens (tertiary/aromatic N) is 4. The molecular weight excluding hydrogens is 440 g/mol. The summed E-state index contributed by atoms with van der Waals surface area (Å²) in [6.07, 6.45) is 8.58. The molecule has 7 nitrogen and oxygen atoms in total. The van der Waals surface area contributed by atoms with Gasteiger partial charge in [-0.2, -0.15) is 0 Å². The number of pyridine rings is 1. The van der Waals surface area contributed by atoms with E-state index in [2.05, 4.69) is 23.5 Å². The highest BCUT2D eigenvalue weighted by molar-refractivity contribution is 5.85. The summed E-state index contributed by atoms with van der Waals surface area (Å²) in [6, 6.07) is 19.9. The summed E-state index contributed by atoms with van der Waals surface area (Å²) in [5.74, 6) is 1.57. The molecule has 0 N–H and O–H groups in total. The van der Waals surface area contributed by atoms with Gasteiger partial charge in [0.25, 0.3) is 0 Å². The summed E-state index contributed by atoms with van der Waals surface area (Å²) in [5.41, 5.74) is 2.72. The number of likely N-dealkylation sites (N-methyl/N-ethyl adjacent to an activating group) is 1. The van der Waals surface area contributed by atoms with Crippen molar-refractivity contribution in [3.8, 4) is 11.5 Å². The number of amides is 1. The second-order valence-corrected chi connectivity index (χ2v) is 8.24. The summed E-state index contributed by atoms with van der Waals surface area (Å²) in [6.45, 7) is 4.87. The van der Waals surface area contributed by atoms with Crippen LogP contribution >= 0.6 is 0 Å². The normalized spacial score (nSPS) is 14.9. The van der Waals surface area contributed by atoms with Crippen molar-refractivity contribution < 1.29 is 14.3 Å². The maximum Gasteiger partial charge on any atom is 0.214 e. The van der Waals surface area contributed by atoms with Crippen molar-refractivity contribution in [1.29, 1.82) is 0 Å². The van der Waals surface area contributed by atoms with E-state index in [1.807, 2.05) is 72.6 Å². The van der Waals surface area contributed by atoms with Gasteiger partial charge in [0, 0.05) is 31.5 Å². The quantitative estimate of drug-likeness (QED) is 0.320. The molecule has 0 spiro atoms. The Kier molecular flexibility index (Phi) is 9.57. The largest absolute Gasteiger partial charge is 0.457 e. The van der Waals surface area contributed by atoms with E-state index in [1.54, 1.807) is 17.3 Å². The molecule has 1 aromatic heterocycles. The second kappa shape index (κ2) is 13.1. The van der Waals surface area contributed by atoms with E-state index >= 15 is 0 Å². The number of rotatable bonds is 9. The number of ether oxygens (including phenoxy) is 1. The molecule has 0 aliphatic carbocycles. The number of aromatic nitrogens is 1. The zero-order chi connectivity index (χ0) is 25.0. The predicted octanol–water partition coefficient (Wildman–Crippen LogP) is 5.07. The van der Waals surface area contributed by atoms with Gasteiger partial charge in [-0.15, -0.1) is 0 Å². The topological polar surface area (TPSA) is 66.0 Å². The van der Waals surface area contributed by atoms with Crippen molar-refractivity contribution in [2.75, 3.05) is 37.0 Å². The SMILES string of the molecule is C=CC=O.CN(c1ccc(Oc2ccccc2)cc1)c1cnccc1N(C=O)CC1CCCN1C. The highest BCUT2D eigenvalue weighted by Crippen LogP contribution is 2.34. The van der Waals surface area contributed by atoms with Crippen LogP contribution in [0.15, 0.2) is 85.7 Å². The lowest BCUT2D eigenvalue weighted by Gasteiger charge is -2.30. The molecule has 35 heavy (non-hydrogen) atoms. The van der Waals surface area contributed by atoms with Crippen molar-refractivity contribution in [3.63, 3.8) is 0 Å².